The maximum Gasteiger partial charge on any atom is 0.225 e. The van der Waals surface area contributed by atoms with E-state index in [1.54, 1.807) is 11.3 Å². The lowest BCUT2D eigenvalue weighted by molar-refractivity contribution is -0.120. The molecule has 2 aromatic rings. The van der Waals surface area contributed by atoms with Crippen LogP contribution in [0.4, 0.5) is 0 Å². The molecule has 0 unspecified atom stereocenters. The third kappa shape index (κ3) is 3.51. The Labute approximate surface area is 119 Å². The fourth-order valence-corrected chi connectivity index (χ4v) is 3.70. The second-order valence-corrected chi connectivity index (χ2v) is 7.17. The van der Waals surface area contributed by atoms with Gasteiger partial charge in [-0.3, -0.25) is 4.79 Å². The van der Waals surface area contributed by atoms with E-state index in [9.17, 15) is 4.79 Å². The Morgan fingerprint density at radius 2 is 2.17 bits per heavy atom. The summed E-state index contributed by atoms with van der Waals surface area (Å²) in [6.45, 7) is 4.61. The average molecular weight is 298 g/mol. The number of thiazole rings is 1. The van der Waals surface area contributed by atoms with Gasteiger partial charge in [-0.25, -0.2) is 0 Å². The van der Waals surface area contributed by atoms with Gasteiger partial charge in [0.1, 0.15) is 0 Å². The van der Waals surface area contributed by atoms with Gasteiger partial charge < -0.3 is 10.3 Å². The maximum atomic E-state index is 11.8. The molecule has 0 saturated carbocycles. The number of aromatic amines is 1. The van der Waals surface area contributed by atoms with Crippen molar-refractivity contribution in [3.8, 4) is 0 Å². The lowest BCUT2D eigenvalue weighted by atomic mass is 10.3. The number of carbonyl (C=O) groups excluding carboxylic acids is 1. The molecular formula is C12H14N2OS3. The molecule has 0 atom stereocenters. The summed E-state index contributed by atoms with van der Waals surface area (Å²) in [7, 11) is 0. The van der Waals surface area contributed by atoms with Crippen LogP contribution in [-0.2, 0) is 17.8 Å². The highest BCUT2D eigenvalue weighted by Crippen LogP contribution is 2.16. The summed E-state index contributed by atoms with van der Waals surface area (Å²) in [5.41, 5.74) is 0.993. The number of nitrogens with one attached hydrogen (secondary N) is 2. The molecule has 0 bridgehead atoms. The van der Waals surface area contributed by atoms with Gasteiger partial charge in [-0.05, 0) is 38.2 Å². The fraction of sp³-hybridized carbons (Fsp3) is 0.333. The summed E-state index contributed by atoms with van der Waals surface area (Å²) >= 11 is 8.23. The Bertz CT molecular complexity index is 609. The molecule has 0 saturated heterocycles. The predicted octanol–water partition coefficient (Wildman–Crippen LogP) is 3.34. The van der Waals surface area contributed by atoms with Crippen LogP contribution in [0.5, 0.6) is 0 Å². The van der Waals surface area contributed by atoms with Crippen molar-refractivity contribution >= 4 is 40.8 Å². The van der Waals surface area contributed by atoms with Crippen molar-refractivity contribution in [2.75, 3.05) is 0 Å². The second-order valence-electron chi connectivity index (χ2n) is 4.03. The minimum Gasteiger partial charge on any atom is -0.351 e. The number of hydrogen-bond acceptors (Lipinski definition) is 4. The second kappa shape index (κ2) is 5.77. The molecule has 2 aromatic heterocycles. The van der Waals surface area contributed by atoms with Crippen LogP contribution < -0.4 is 5.32 Å². The van der Waals surface area contributed by atoms with E-state index >= 15 is 0 Å². The molecule has 2 heterocycles. The lowest BCUT2D eigenvalue weighted by Gasteiger charge is -2.02. The van der Waals surface area contributed by atoms with Crippen molar-refractivity contribution in [1.82, 2.24) is 10.3 Å². The van der Waals surface area contributed by atoms with E-state index in [-0.39, 0.29) is 5.91 Å². The van der Waals surface area contributed by atoms with Crippen molar-refractivity contribution in [2.45, 2.75) is 26.8 Å². The Morgan fingerprint density at radius 3 is 2.72 bits per heavy atom. The molecule has 0 aliphatic rings. The molecule has 1 amide bonds. The minimum absolute atomic E-state index is 0.0365. The molecule has 18 heavy (non-hydrogen) atoms. The highest BCUT2D eigenvalue weighted by molar-refractivity contribution is 7.73. The minimum atomic E-state index is 0.0365. The number of aromatic nitrogens is 1. The van der Waals surface area contributed by atoms with Crippen LogP contribution in [0.25, 0.3) is 0 Å². The Balaban J connectivity index is 1.89. The molecule has 6 heteroatoms. The van der Waals surface area contributed by atoms with Gasteiger partial charge in [0.2, 0.25) is 5.91 Å². The molecular weight excluding hydrogens is 284 g/mol. The van der Waals surface area contributed by atoms with Crippen LogP contribution in [-0.4, -0.2) is 10.9 Å². The molecule has 2 N–H and O–H groups in total. The standard InChI is InChI=1S/C12H14N2OS3/c1-7-3-4-9(17-7)6-13-11(15)5-10-8(2)14-12(16)18-10/h3-4H,5-6H2,1-2H3,(H,13,15)(H,14,16). The van der Waals surface area contributed by atoms with Crippen LogP contribution in [0.3, 0.4) is 0 Å². The first kappa shape index (κ1) is 13.5. The molecule has 0 aliphatic heterocycles. The SMILES string of the molecule is Cc1ccc(CNC(=O)Cc2sc(=S)[nH]c2C)s1. The van der Waals surface area contributed by atoms with Crippen molar-refractivity contribution in [3.05, 3.63) is 36.4 Å². The zero-order valence-electron chi connectivity index (χ0n) is 10.2. The van der Waals surface area contributed by atoms with Gasteiger partial charge in [0, 0.05) is 20.3 Å². The summed E-state index contributed by atoms with van der Waals surface area (Å²) in [5, 5.41) is 2.93. The summed E-state index contributed by atoms with van der Waals surface area (Å²) in [5.74, 6) is 0.0365. The van der Waals surface area contributed by atoms with Crippen molar-refractivity contribution in [1.29, 1.82) is 0 Å². The fourth-order valence-electron chi connectivity index (χ4n) is 1.58. The van der Waals surface area contributed by atoms with E-state index < -0.39 is 0 Å². The topological polar surface area (TPSA) is 44.9 Å². The molecule has 3 nitrogen and oxygen atoms in total. The summed E-state index contributed by atoms with van der Waals surface area (Å²) in [6.07, 6.45) is 0.397. The molecule has 0 fully saturated rings. The third-order valence-electron chi connectivity index (χ3n) is 2.50. The highest BCUT2D eigenvalue weighted by atomic mass is 32.1. The van der Waals surface area contributed by atoms with Crippen LogP contribution in [0.2, 0.25) is 0 Å². The summed E-state index contributed by atoms with van der Waals surface area (Å²) in [4.78, 5) is 18.3. The first-order valence-corrected chi connectivity index (χ1v) is 7.59. The number of amides is 1. The molecule has 0 spiro atoms. The number of rotatable bonds is 4. The quantitative estimate of drug-likeness (QED) is 0.850. The predicted molar refractivity (Wildman–Crippen MR) is 78.8 cm³/mol. The summed E-state index contributed by atoms with van der Waals surface area (Å²) in [6, 6.07) is 4.11. The van der Waals surface area contributed by atoms with Gasteiger partial charge >= 0.3 is 0 Å². The van der Waals surface area contributed by atoms with Crippen molar-refractivity contribution < 1.29 is 4.79 Å². The van der Waals surface area contributed by atoms with E-state index in [1.165, 1.54) is 21.1 Å². The van der Waals surface area contributed by atoms with E-state index in [0.29, 0.717) is 13.0 Å². The maximum absolute atomic E-state index is 11.8. The van der Waals surface area contributed by atoms with Crippen LogP contribution in [0, 0.1) is 17.8 Å². The number of aryl methyl sites for hydroxylation is 2. The number of thiophene rings is 1. The number of H-pyrrole nitrogens is 1. The van der Waals surface area contributed by atoms with Crippen LogP contribution in [0.1, 0.15) is 20.3 Å². The van der Waals surface area contributed by atoms with E-state index in [0.717, 1.165) is 14.5 Å². The smallest absolute Gasteiger partial charge is 0.225 e. The van der Waals surface area contributed by atoms with E-state index in [2.05, 4.69) is 23.3 Å². The van der Waals surface area contributed by atoms with Crippen molar-refractivity contribution in [2.24, 2.45) is 0 Å². The van der Waals surface area contributed by atoms with Crippen LogP contribution in [0.15, 0.2) is 12.1 Å². The normalized spacial score (nSPS) is 10.6. The van der Waals surface area contributed by atoms with Gasteiger partial charge in [-0.1, -0.05) is 0 Å². The van der Waals surface area contributed by atoms with Gasteiger partial charge in [-0.15, -0.1) is 22.7 Å². The molecule has 96 valence electrons. The first-order valence-electron chi connectivity index (χ1n) is 5.55. The van der Waals surface area contributed by atoms with Crippen molar-refractivity contribution in [3.63, 3.8) is 0 Å². The van der Waals surface area contributed by atoms with Gasteiger partial charge in [0.25, 0.3) is 0 Å². The largest absolute Gasteiger partial charge is 0.351 e. The van der Waals surface area contributed by atoms with Gasteiger partial charge in [0.05, 0.1) is 13.0 Å². The highest BCUT2D eigenvalue weighted by Gasteiger charge is 2.08. The third-order valence-corrected chi connectivity index (χ3v) is 4.84. The zero-order valence-corrected chi connectivity index (χ0v) is 12.7. The number of carbonyl (C=O) groups is 1. The Kier molecular flexibility index (Phi) is 4.31. The first-order chi connectivity index (χ1) is 8.54. The van der Waals surface area contributed by atoms with Gasteiger partial charge in [0.15, 0.2) is 3.95 Å². The number of hydrogen-bond donors (Lipinski definition) is 2. The molecule has 0 aliphatic carbocycles. The molecule has 2 rings (SSSR count). The molecule has 0 radical (unpaired) electrons. The Hall–Kier alpha value is -0.980. The lowest BCUT2D eigenvalue weighted by Crippen LogP contribution is -2.24. The monoisotopic (exact) mass is 298 g/mol. The molecule has 0 aromatic carbocycles. The van der Waals surface area contributed by atoms with E-state index in [4.69, 9.17) is 12.2 Å². The van der Waals surface area contributed by atoms with Gasteiger partial charge in [-0.2, -0.15) is 0 Å². The van der Waals surface area contributed by atoms with Crippen LogP contribution >= 0.6 is 34.9 Å². The Morgan fingerprint density at radius 1 is 1.39 bits per heavy atom. The summed E-state index contributed by atoms with van der Waals surface area (Å²) < 4.78 is 0.726. The zero-order chi connectivity index (χ0) is 13.1. The average Bonchev–Trinajstić information content (AvgIpc) is 2.83. The van der Waals surface area contributed by atoms with E-state index in [1.807, 2.05) is 13.0 Å².